The van der Waals surface area contributed by atoms with E-state index in [1.54, 1.807) is 24.0 Å². The van der Waals surface area contributed by atoms with Crippen LogP contribution in [-0.4, -0.2) is 38.3 Å². The molecule has 2 aromatic carbocycles. The SMILES string of the molecule is CC#CCOc1ccc(S(=O)(=O)N2CCN(C(C)=O)c3ccccc3C2)cc1. The number of anilines is 1. The molecule has 28 heavy (non-hydrogen) atoms. The molecule has 0 aliphatic carbocycles. The van der Waals surface area contributed by atoms with E-state index in [-0.39, 0.29) is 30.5 Å². The normalized spacial score (nSPS) is 14.4. The van der Waals surface area contributed by atoms with Crippen molar-refractivity contribution in [3.63, 3.8) is 0 Å². The Labute approximate surface area is 165 Å². The van der Waals surface area contributed by atoms with Crippen molar-refractivity contribution in [3.05, 3.63) is 54.1 Å². The molecule has 0 bridgehead atoms. The first-order valence-corrected chi connectivity index (χ1v) is 10.4. The van der Waals surface area contributed by atoms with Crippen LogP contribution in [0, 0.1) is 11.8 Å². The van der Waals surface area contributed by atoms with Gasteiger partial charge < -0.3 is 9.64 Å². The molecule has 0 saturated carbocycles. The number of rotatable bonds is 4. The fourth-order valence-electron chi connectivity index (χ4n) is 3.09. The second-order valence-electron chi connectivity index (χ2n) is 6.32. The molecular formula is C21H22N2O4S. The zero-order chi connectivity index (χ0) is 20.1. The van der Waals surface area contributed by atoms with Crippen LogP contribution in [0.5, 0.6) is 5.75 Å². The summed E-state index contributed by atoms with van der Waals surface area (Å²) in [6.07, 6.45) is 0. The molecule has 0 radical (unpaired) electrons. The minimum atomic E-state index is -3.71. The monoisotopic (exact) mass is 398 g/mol. The van der Waals surface area contributed by atoms with Crippen LogP contribution < -0.4 is 9.64 Å². The quantitative estimate of drug-likeness (QED) is 0.743. The number of fused-ring (bicyclic) bond motifs is 1. The van der Waals surface area contributed by atoms with Gasteiger partial charge in [0.2, 0.25) is 15.9 Å². The molecule has 0 atom stereocenters. The molecule has 1 aliphatic heterocycles. The van der Waals surface area contributed by atoms with Crippen LogP contribution in [0.4, 0.5) is 5.69 Å². The second-order valence-corrected chi connectivity index (χ2v) is 8.26. The van der Waals surface area contributed by atoms with Crippen molar-refractivity contribution in [1.29, 1.82) is 0 Å². The van der Waals surface area contributed by atoms with Gasteiger partial charge in [0.1, 0.15) is 12.4 Å². The number of sulfonamides is 1. The van der Waals surface area contributed by atoms with Crippen LogP contribution >= 0.6 is 0 Å². The summed E-state index contributed by atoms with van der Waals surface area (Å²) in [5.74, 6) is 5.98. The van der Waals surface area contributed by atoms with Gasteiger partial charge in [-0.25, -0.2) is 8.42 Å². The molecule has 1 amide bonds. The van der Waals surface area contributed by atoms with E-state index in [0.717, 1.165) is 11.3 Å². The molecule has 0 N–H and O–H groups in total. The van der Waals surface area contributed by atoms with E-state index in [2.05, 4.69) is 11.8 Å². The maximum absolute atomic E-state index is 13.2. The Balaban J connectivity index is 1.86. The van der Waals surface area contributed by atoms with E-state index in [9.17, 15) is 13.2 Å². The van der Waals surface area contributed by atoms with Crippen molar-refractivity contribution in [2.45, 2.75) is 25.3 Å². The van der Waals surface area contributed by atoms with Crippen LogP contribution in [0.25, 0.3) is 0 Å². The lowest BCUT2D eigenvalue weighted by Gasteiger charge is -2.21. The molecule has 6 nitrogen and oxygen atoms in total. The zero-order valence-electron chi connectivity index (χ0n) is 15.9. The predicted molar refractivity (Wildman–Crippen MR) is 107 cm³/mol. The molecule has 0 spiro atoms. The summed E-state index contributed by atoms with van der Waals surface area (Å²) >= 11 is 0. The molecule has 0 aromatic heterocycles. The summed E-state index contributed by atoms with van der Waals surface area (Å²) in [6, 6.07) is 13.7. The molecule has 3 rings (SSSR count). The van der Waals surface area contributed by atoms with E-state index in [1.807, 2.05) is 24.3 Å². The van der Waals surface area contributed by atoms with E-state index < -0.39 is 10.0 Å². The smallest absolute Gasteiger partial charge is 0.243 e. The summed E-state index contributed by atoms with van der Waals surface area (Å²) in [4.78, 5) is 13.8. The summed E-state index contributed by atoms with van der Waals surface area (Å²) in [5.41, 5.74) is 1.56. The number of ether oxygens (including phenoxy) is 1. The lowest BCUT2D eigenvalue weighted by molar-refractivity contribution is -0.116. The number of benzene rings is 2. The lowest BCUT2D eigenvalue weighted by Crippen LogP contribution is -2.37. The first-order valence-electron chi connectivity index (χ1n) is 8.92. The Morgan fingerprint density at radius 1 is 1.11 bits per heavy atom. The summed E-state index contributed by atoms with van der Waals surface area (Å²) in [5, 5.41) is 0. The number of hydrogen-bond acceptors (Lipinski definition) is 4. The van der Waals surface area contributed by atoms with Gasteiger partial charge in [-0.2, -0.15) is 4.31 Å². The molecule has 1 aliphatic rings. The van der Waals surface area contributed by atoms with Gasteiger partial charge in [0.05, 0.1) is 4.90 Å². The van der Waals surface area contributed by atoms with Gasteiger partial charge in [0.15, 0.2) is 0 Å². The van der Waals surface area contributed by atoms with Crippen LogP contribution in [-0.2, 0) is 21.4 Å². The highest BCUT2D eigenvalue weighted by molar-refractivity contribution is 7.89. The topological polar surface area (TPSA) is 66.9 Å². The average molecular weight is 398 g/mol. The maximum Gasteiger partial charge on any atom is 0.243 e. The molecular weight excluding hydrogens is 376 g/mol. The van der Waals surface area contributed by atoms with Gasteiger partial charge in [-0.3, -0.25) is 4.79 Å². The molecule has 0 saturated heterocycles. The third-order valence-electron chi connectivity index (χ3n) is 4.53. The maximum atomic E-state index is 13.2. The molecule has 2 aromatic rings. The van der Waals surface area contributed by atoms with Crippen LogP contribution in [0.3, 0.4) is 0 Å². The first-order chi connectivity index (χ1) is 13.4. The van der Waals surface area contributed by atoms with Crippen LogP contribution in [0.1, 0.15) is 19.4 Å². The Bertz CT molecular complexity index is 1020. The van der Waals surface area contributed by atoms with Crippen molar-refractivity contribution in [2.75, 3.05) is 24.6 Å². The van der Waals surface area contributed by atoms with Gasteiger partial charge in [0, 0.05) is 32.2 Å². The molecule has 0 fully saturated rings. The van der Waals surface area contributed by atoms with Crippen molar-refractivity contribution >= 4 is 21.6 Å². The Morgan fingerprint density at radius 2 is 1.82 bits per heavy atom. The zero-order valence-corrected chi connectivity index (χ0v) is 16.7. The minimum absolute atomic E-state index is 0.108. The summed E-state index contributed by atoms with van der Waals surface area (Å²) in [6.45, 7) is 4.22. The van der Waals surface area contributed by atoms with E-state index >= 15 is 0 Å². The van der Waals surface area contributed by atoms with Crippen molar-refractivity contribution < 1.29 is 17.9 Å². The second kappa shape index (κ2) is 8.46. The largest absolute Gasteiger partial charge is 0.481 e. The minimum Gasteiger partial charge on any atom is -0.481 e. The van der Waals surface area contributed by atoms with Gasteiger partial charge in [-0.15, -0.1) is 5.92 Å². The number of para-hydroxylation sites is 1. The molecule has 1 heterocycles. The van der Waals surface area contributed by atoms with E-state index in [0.29, 0.717) is 12.3 Å². The first kappa shape index (κ1) is 19.9. The number of carbonyl (C=O) groups is 1. The molecule has 0 unspecified atom stereocenters. The standard InChI is InChI=1S/C21H22N2O4S/c1-3-4-15-27-19-9-11-20(12-10-19)28(25,26)22-13-14-23(17(2)24)21-8-6-5-7-18(21)16-22/h5-12H,13-16H2,1-2H3. The van der Waals surface area contributed by atoms with Crippen molar-refractivity contribution in [2.24, 2.45) is 0 Å². The highest BCUT2D eigenvalue weighted by atomic mass is 32.2. The van der Waals surface area contributed by atoms with E-state index in [1.165, 1.54) is 23.4 Å². The summed E-state index contributed by atoms with van der Waals surface area (Å²) < 4.78 is 33.2. The van der Waals surface area contributed by atoms with E-state index in [4.69, 9.17) is 4.74 Å². The number of hydrogen-bond donors (Lipinski definition) is 0. The number of amides is 1. The lowest BCUT2D eigenvalue weighted by atomic mass is 10.1. The fraction of sp³-hybridized carbons (Fsp3) is 0.286. The van der Waals surface area contributed by atoms with Gasteiger partial charge >= 0.3 is 0 Å². The Kier molecular flexibility index (Phi) is 6.02. The highest BCUT2D eigenvalue weighted by Gasteiger charge is 2.30. The fourth-order valence-corrected chi connectivity index (χ4v) is 4.50. The van der Waals surface area contributed by atoms with Crippen molar-refractivity contribution in [1.82, 2.24) is 4.31 Å². The Morgan fingerprint density at radius 3 is 2.50 bits per heavy atom. The van der Waals surface area contributed by atoms with Crippen molar-refractivity contribution in [3.8, 4) is 17.6 Å². The van der Waals surface area contributed by atoms with Gasteiger partial charge in [0.25, 0.3) is 0 Å². The summed E-state index contributed by atoms with van der Waals surface area (Å²) in [7, 11) is -3.71. The van der Waals surface area contributed by atoms with Gasteiger partial charge in [-0.1, -0.05) is 24.1 Å². The third-order valence-corrected chi connectivity index (χ3v) is 6.39. The molecule has 7 heteroatoms. The number of carbonyl (C=O) groups excluding carboxylic acids is 1. The Hall–Kier alpha value is -2.82. The van der Waals surface area contributed by atoms with Gasteiger partial charge in [-0.05, 0) is 42.8 Å². The third kappa shape index (κ3) is 4.19. The average Bonchev–Trinajstić information content (AvgIpc) is 2.89. The molecule has 146 valence electrons. The predicted octanol–water partition coefficient (Wildman–Crippen LogP) is 2.65. The van der Waals surface area contributed by atoms with Crippen LogP contribution in [0.15, 0.2) is 53.4 Å². The van der Waals surface area contributed by atoms with Crippen LogP contribution in [0.2, 0.25) is 0 Å². The highest BCUT2D eigenvalue weighted by Crippen LogP contribution is 2.28. The number of nitrogens with zero attached hydrogens (tertiary/aromatic N) is 2.